The highest BCUT2D eigenvalue weighted by Crippen LogP contribution is 2.36. The molecule has 1 N–H and O–H groups in total. The molecule has 150 valence electrons. The number of nitrogens with one attached hydrogen (secondary N) is 1. The van der Waals surface area contributed by atoms with Crippen molar-refractivity contribution < 1.29 is 19.1 Å². The van der Waals surface area contributed by atoms with Crippen LogP contribution in [0, 0.1) is 0 Å². The van der Waals surface area contributed by atoms with Gasteiger partial charge in [0.25, 0.3) is 11.8 Å². The molecule has 0 atom stereocenters. The van der Waals surface area contributed by atoms with Crippen LogP contribution in [0.3, 0.4) is 0 Å². The maximum atomic E-state index is 13.1. The molecule has 0 bridgehead atoms. The van der Waals surface area contributed by atoms with Gasteiger partial charge in [0.05, 0.1) is 30.0 Å². The average molecular weight is 516 g/mol. The number of amides is 2. The van der Waals surface area contributed by atoms with Gasteiger partial charge in [-0.25, -0.2) is 0 Å². The highest BCUT2D eigenvalue weighted by molar-refractivity contribution is 9.10. The van der Waals surface area contributed by atoms with Crippen molar-refractivity contribution in [2.24, 2.45) is 0 Å². The first kappa shape index (κ1) is 21.6. The van der Waals surface area contributed by atoms with Gasteiger partial charge in [0.1, 0.15) is 5.57 Å². The zero-order valence-electron chi connectivity index (χ0n) is 15.1. The number of carbonyl (C=O) groups excluding carboxylic acids is 2. The molecule has 1 aliphatic rings. The quantitative estimate of drug-likeness (QED) is 0.366. The van der Waals surface area contributed by atoms with Crippen LogP contribution in [0.4, 0.5) is 5.69 Å². The molecule has 1 saturated heterocycles. The van der Waals surface area contributed by atoms with Crippen molar-refractivity contribution in [2.45, 2.75) is 0 Å². The van der Waals surface area contributed by atoms with Gasteiger partial charge in [0.2, 0.25) is 0 Å². The Bertz CT molecular complexity index is 1070. The lowest BCUT2D eigenvalue weighted by molar-refractivity contribution is -0.122. The second kappa shape index (κ2) is 8.71. The Morgan fingerprint density at radius 1 is 1.14 bits per heavy atom. The van der Waals surface area contributed by atoms with E-state index >= 15 is 0 Å². The van der Waals surface area contributed by atoms with Crippen LogP contribution in [0.5, 0.6) is 11.5 Å². The van der Waals surface area contributed by atoms with Crippen LogP contribution in [0.2, 0.25) is 10.0 Å². The molecule has 0 radical (unpaired) electrons. The average Bonchev–Trinajstić information content (AvgIpc) is 2.68. The second-order valence-corrected chi connectivity index (χ2v) is 7.79. The Morgan fingerprint density at radius 2 is 1.79 bits per heavy atom. The van der Waals surface area contributed by atoms with Crippen molar-refractivity contribution in [3.05, 3.63) is 56.0 Å². The fourth-order valence-corrected chi connectivity index (χ4v) is 3.77. The molecule has 0 aliphatic carbocycles. The maximum Gasteiger partial charge on any atom is 0.270 e. The molecule has 6 nitrogen and oxygen atoms in total. The fourth-order valence-electron chi connectivity index (χ4n) is 2.68. The van der Waals surface area contributed by atoms with Gasteiger partial charge in [-0.05, 0) is 48.1 Å². The van der Waals surface area contributed by atoms with Crippen LogP contribution >= 0.6 is 51.3 Å². The van der Waals surface area contributed by atoms with Gasteiger partial charge in [0.15, 0.2) is 16.6 Å². The molecule has 0 aromatic heterocycles. The molecule has 2 aromatic rings. The third-order valence-corrected chi connectivity index (χ3v) is 5.86. The summed E-state index contributed by atoms with van der Waals surface area (Å²) in [4.78, 5) is 26.8. The van der Waals surface area contributed by atoms with Gasteiger partial charge in [0, 0.05) is 4.47 Å². The molecule has 3 rings (SSSR count). The highest BCUT2D eigenvalue weighted by Gasteiger charge is 2.35. The van der Waals surface area contributed by atoms with Crippen LogP contribution < -0.4 is 19.7 Å². The number of ether oxygens (including phenoxy) is 2. The van der Waals surface area contributed by atoms with E-state index in [0.29, 0.717) is 21.5 Å². The van der Waals surface area contributed by atoms with E-state index in [1.54, 1.807) is 30.3 Å². The van der Waals surface area contributed by atoms with Gasteiger partial charge >= 0.3 is 0 Å². The SMILES string of the molecule is COc1cc(Br)c(/C=C2\C(=O)NC(=S)N(c3cccc(Cl)c3Cl)C2=O)cc1OC. The van der Waals surface area contributed by atoms with Crippen LogP contribution in [-0.4, -0.2) is 31.1 Å². The molecule has 2 amide bonds. The number of halogens is 3. The summed E-state index contributed by atoms with van der Waals surface area (Å²) in [6, 6.07) is 8.11. The third kappa shape index (κ3) is 4.11. The van der Waals surface area contributed by atoms with Crippen molar-refractivity contribution >= 4 is 80.0 Å². The van der Waals surface area contributed by atoms with Gasteiger partial charge in [-0.15, -0.1) is 0 Å². The summed E-state index contributed by atoms with van der Waals surface area (Å²) in [6.45, 7) is 0. The molecule has 1 fully saturated rings. The van der Waals surface area contributed by atoms with E-state index in [4.69, 9.17) is 44.9 Å². The van der Waals surface area contributed by atoms with Gasteiger partial charge < -0.3 is 9.47 Å². The number of rotatable bonds is 4. The first-order chi connectivity index (χ1) is 13.8. The van der Waals surface area contributed by atoms with Crippen LogP contribution in [0.25, 0.3) is 6.08 Å². The van der Waals surface area contributed by atoms with Crippen molar-refractivity contribution in [3.63, 3.8) is 0 Å². The Morgan fingerprint density at radius 3 is 2.45 bits per heavy atom. The minimum absolute atomic E-state index is 0.0901. The number of hydrogen-bond acceptors (Lipinski definition) is 5. The number of anilines is 1. The highest BCUT2D eigenvalue weighted by atomic mass is 79.9. The molecular formula is C19H13BrCl2N2O4S. The summed E-state index contributed by atoms with van der Waals surface area (Å²) in [5, 5.41) is 2.81. The van der Waals surface area contributed by atoms with E-state index in [2.05, 4.69) is 21.2 Å². The number of nitrogens with zero attached hydrogens (tertiary/aromatic N) is 1. The smallest absolute Gasteiger partial charge is 0.270 e. The lowest BCUT2D eigenvalue weighted by Gasteiger charge is -2.29. The summed E-state index contributed by atoms with van der Waals surface area (Å²) in [5.74, 6) is -0.327. The van der Waals surface area contributed by atoms with Crippen molar-refractivity contribution in [3.8, 4) is 11.5 Å². The van der Waals surface area contributed by atoms with E-state index < -0.39 is 11.8 Å². The number of carbonyl (C=O) groups is 2. The largest absolute Gasteiger partial charge is 0.493 e. The predicted octanol–water partition coefficient (Wildman–Crippen LogP) is 4.60. The predicted molar refractivity (Wildman–Crippen MR) is 120 cm³/mol. The Labute approximate surface area is 190 Å². The van der Waals surface area contributed by atoms with E-state index in [0.717, 1.165) is 4.90 Å². The van der Waals surface area contributed by atoms with Crippen LogP contribution in [-0.2, 0) is 9.59 Å². The zero-order chi connectivity index (χ0) is 21.3. The Hall–Kier alpha value is -2.13. The fraction of sp³-hybridized carbons (Fsp3) is 0.105. The Kier molecular flexibility index (Phi) is 6.48. The number of thiocarbonyl (C=S) groups is 1. The molecule has 10 heteroatoms. The van der Waals surface area contributed by atoms with Crippen molar-refractivity contribution in [1.29, 1.82) is 0 Å². The normalized spacial score (nSPS) is 15.6. The topological polar surface area (TPSA) is 67.9 Å². The molecule has 29 heavy (non-hydrogen) atoms. The second-order valence-electron chi connectivity index (χ2n) is 5.76. The van der Waals surface area contributed by atoms with Gasteiger partial charge in [-0.2, -0.15) is 0 Å². The molecule has 1 heterocycles. The van der Waals surface area contributed by atoms with Gasteiger partial charge in [-0.1, -0.05) is 45.2 Å². The molecule has 1 aliphatic heterocycles. The van der Waals surface area contributed by atoms with Crippen molar-refractivity contribution in [1.82, 2.24) is 5.32 Å². The number of hydrogen-bond donors (Lipinski definition) is 1. The number of benzene rings is 2. The standard InChI is InChI=1S/C19H13BrCl2N2O4S/c1-27-14-7-9(11(20)8-15(14)28-2)6-10-17(25)23-19(29)24(18(10)26)13-5-3-4-12(21)16(13)22/h3-8H,1-2H3,(H,23,25,29)/b10-6+. The lowest BCUT2D eigenvalue weighted by Crippen LogP contribution is -2.54. The molecule has 0 saturated carbocycles. The molecule has 2 aromatic carbocycles. The summed E-state index contributed by atoms with van der Waals surface area (Å²) in [7, 11) is 3.00. The van der Waals surface area contributed by atoms with Crippen molar-refractivity contribution in [2.75, 3.05) is 19.1 Å². The zero-order valence-corrected chi connectivity index (χ0v) is 19.0. The minimum Gasteiger partial charge on any atom is -0.493 e. The minimum atomic E-state index is -0.635. The van der Waals surface area contributed by atoms with E-state index in [9.17, 15) is 9.59 Å². The molecule has 0 unspecified atom stereocenters. The monoisotopic (exact) mass is 514 g/mol. The summed E-state index contributed by atoms with van der Waals surface area (Å²) < 4.78 is 11.1. The van der Waals surface area contributed by atoms with E-state index in [1.807, 2.05) is 0 Å². The molecular weight excluding hydrogens is 503 g/mol. The first-order valence-electron chi connectivity index (χ1n) is 8.05. The summed E-state index contributed by atoms with van der Waals surface area (Å²) in [6.07, 6.45) is 1.43. The van der Waals surface area contributed by atoms with Crippen LogP contribution in [0.1, 0.15) is 5.56 Å². The maximum absolute atomic E-state index is 13.1. The number of methoxy groups -OCH3 is 2. The van der Waals surface area contributed by atoms with E-state index in [-0.39, 0.29) is 26.4 Å². The van der Waals surface area contributed by atoms with E-state index in [1.165, 1.54) is 20.3 Å². The molecule has 0 spiro atoms. The Balaban J connectivity index is 2.10. The van der Waals surface area contributed by atoms with Gasteiger partial charge in [-0.3, -0.25) is 19.8 Å². The summed E-state index contributed by atoms with van der Waals surface area (Å²) in [5.41, 5.74) is 0.667. The van der Waals surface area contributed by atoms with Crippen LogP contribution in [0.15, 0.2) is 40.4 Å². The lowest BCUT2D eigenvalue weighted by atomic mass is 10.1. The first-order valence-corrected chi connectivity index (χ1v) is 10.0. The summed E-state index contributed by atoms with van der Waals surface area (Å²) >= 11 is 20.9. The third-order valence-electron chi connectivity index (χ3n) is 4.08.